The molecule has 0 aliphatic rings. The van der Waals surface area contributed by atoms with Crippen LogP contribution < -0.4 is 5.63 Å². The molecule has 0 unspecified atom stereocenters. The van der Waals surface area contributed by atoms with Gasteiger partial charge < -0.3 is 4.42 Å². The van der Waals surface area contributed by atoms with E-state index in [1.807, 2.05) is 29.6 Å². The van der Waals surface area contributed by atoms with Crippen molar-refractivity contribution >= 4 is 32.4 Å². The van der Waals surface area contributed by atoms with Crippen molar-refractivity contribution in [2.75, 3.05) is 0 Å². The smallest absolute Gasteiger partial charge is 0.354 e. The van der Waals surface area contributed by atoms with Crippen molar-refractivity contribution in [1.29, 1.82) is 5.26 Å². The minimum Gasteiger partial charge on any atom is -0.421 e. The van der Waals surface area contributed by atoms with Crippen LogP contribution in [0.2, 0.25) is 0 Å². The molecule has 76 valence electrons. The average Bonchev–Trinajstić information content (AvgIpc) is 2.76. The lowest BCUT2D eigenvalue weighted by molar-refractivity contribution is 0.561. The van der Waals surface area contributed by atoms with E-state index in [1.54, 1.807) is 17.4 Å². The molecule has 0 saturated heterocycles. The topological polar surface area (TPSA) is 54.0 Å². The average molecular weight is 227 g/mol. The standard InChI is InChI=1S/C12H5NO2S/c13-6-8-5-7-1-2-10-9(3-4-16-10)11(7)15-12(8)14/h1-5H. The van der Waals surface area contributed by atoms with Crippen molar-refractivity contribution in [3.05, 3.63) is 45.6 Å². The molecule has 0 spiro atoms. The van der Waals surface area contributed by atoms with E-state index in [0.29, 0.717) is 5.58 Å². The molecule has 0 atom stereocenters. The Labute approximate surface area is 94.2 Å². The van der Waals surface area contributed by atoms with Gasteiger partial charge in [0.05, 0.1) is 0 Å². The first-order valence-electron chi connectivity index (χ1n) is 4.64. The summed E-state index contributed by atoms with van der Waals surface area (Å²) in [5.41, 5.74) is 0.0264. The van der Waals surface area contributed by atoms with Crippen LogP contribution in [0.1, 0.15) is 5.56 Å². The summed E-state index contributed by atoms with van der Waals surface area (Å²) < 4.78 is 6.25. The third-order valence-electron chi connectivity index (χ3n) is 2.45. The van der Waals surface area contributed by atoms with Crippen LogP contribution in [0, 0.1) is 11.3 Å². The summed E-state index contributed by atoms with van der Waals surface area (Å²) in [6, 6.07) is 9.13. The van der Waals surface area contributed by atoms with Crippen LogP contribution in [-0.4, -0.2) is 0 Å². The maximum atomic E-state index is 11.4. The summed E-state index contributed by atoms with van der Waals surface area (Å²) >= 11 is 1.59. The van der Waals surface area contributed by atoms with Crippen molar-refractivity contribution in [2.45, 2.75) is 0 Å². The first-order valence-corrected chi connectivity index (χ1v) is 5.52. The second kappa shape index (κ2) is 3.19. The van der Waals surface area contributed by atoms with Crippen LogP contribution in [0.5, 0.6) is 0 Å². The first-order chi connectivity index (χ1) is 7.79. The molecule has 0 saturated carbocycles. The number of hydrogen-bond donors (Lipinski definition) is 0. The molecule has 0 aliphatic heterocycles. The molecule has 0 radical (unpaired) electrons. The number of thiophene rings is 1. The van der Waals surface area contributed by atoms with Gasteiger partial charge in [0, 0.05) is 15.5 Å². The van der Waals surface area contributed by atoms with Gasteiger partial charge in [-0.15, -0.1) is 11.3 Å². The third kappa shape index (κ3) is 1.16. The summed E-state index contributed by atoms with van der Waals surface area (Å²) in [7, 11) is 0. The Morgan fingerprint density at radius 2 is 2.19 bits per heavy atom. The van der Waals surface area contributed by atoms with Gasteiger partial charge in [0.25, 0.3) is 0 Å². The zero-order valence-electron chi connectivity index (χ0n) is 8.06. The SMILES string of the molecule is N#Cc1cc2ccc3sccc3c2oc1=O. The van der Waals surface area contributed by atoms with Gasteiger partial charge in [-0.2, -0.15) is 5.26 Å². The van der Waals surface area contributed by atoms with E-state index in [0.717, 1.165) is 15.5 Å². The normalized spacial score (nSPS) is 10.7. The molecule has 2 aromatic heterocycles. The first kappa shape index (κ1) is 9.13. The summed E-state index contributed by atoms with van der Waals surface area (Å²) in [5.74, 6) is 0. The zero-order chi connectivity index (χ0) is 11.1. The second-order valence-corrected chi connectivity index (χ2v) is 4.32. The van der Waals surface area contributed by atoms with Crippen molar-refractivity contribution in [3.8, 4) is 6.07 Å². The molecule has 0 fully saturated rings. The number of rotatable bonds is 0. The van der Waals surface area contributed by atoms with Gasteiger partial charge in [0.1, 0.15) is 17.2 Å². The predicted octanol–water partition coefficient (Wildman–Crippen LogP) is 2.88. The third-order valence-corrected chi connectivity index (χ3v) is 3.33. The highest BCUT2D eigenvalue weighted by Gasteiger charge is 2.08. The van der Waals surface area contributed by atoms with Crippen molar-refractivity contribution < 1.29 is 4.42 Å². The van der Waals surface area contributed by atoms with Crippen LogP contribution in [0.4, 0.5) is 0 Å². The summed E-state index contributed by atoms with van der Waals surface area (Å²) in [6.45, 7) is 0. The van der Waals surface area contributed by atoms with Gasteiger partial charge in [-0.05, 0) is 29.6 Å². The van der Waals surface area contributed by atoms with Crippen LogP contribution in [0.15, 0.2) is 38.9 Å². The number of benzene rings is 1. The van der Waals surface area contributed by atoms with Crippen molar-refractivity contribution in [1.82, 2.24) is 0 Å². The van der Waals surface area contributed by atoms with Gasteiger partial charge in [0.15, 0.2) is 0 Å². The molecule has 4 heteroatoms. The van der Waals surface area contributed by atoms with Gasteiger partial charge in [-0.25, -0.2) is 4.79 Å². The Hall–Kier alpha value is -2.12. The molecule has 3 rings (SSSR count). The lowest BCUT2D eigenvalue weighted by Gasteiger charge is -1.98. The molecule has 3 aromatic rings. The predicted molar refractivity (Wildman–Crippen MR) is 62.6 cm³/mol. The van der Waals surface area contributed by atoms with Gasteiger partial charge in [0.2, 0.25) is 0 Å². The van der Waals surface area contributed by atoms with E-state index < -0.39 is 5.63 Å². The fourth-order valence-electron chi connectivity index (χ4n) is 1.70. The molecular formula is C12H5NO2S. The maximum Gasteiger partial charge on any atom is 0.354 e. The molecule has 16 heavy (non-hydrogen) atoms. The minimum atomic E-state index is -0.575. The highest BCUT2D eigenvalue weighted by molar-refractivity contribution is 7.17. The maximum absolute atomic E-state index is 11.4. The Balaban J connectivity index is 2.58. The van der Waals surface area contributed by atoms with Gasteiger partial charge in [-0.3, -0.25) is 0 Å². The molecule has 0 bridgehead atoms. The van der Waals surface area contributed by atoms with Crippen LogP contribution in [0.25, 0.3) is 21.1 Å². The highest BCUT2D eigenvalue weighted by Crippen LogP contribution is 2.28. The monoisotopic (exact) mass is 227 g/mol. The Kier molecular flexibility index (Phi) is 1.82. The van der Waals surface area contributed by atoms with Crippen molar-refractivity contribution in [3.63, 3.8) is 0 Å². The quantitative estimate of drug-likeness (QED) is 0.555. The molecule has 0 aliphatic carbocycles. The molecule has 0 N–H and O–H groups in total. The van der Waals surface area contributed by atoms with E-state index >= 15 is 0 Å². The second-order valence-electron chi connectivity index (χ2n) is 3.38. The fourth-order valence-corrected chi connectivity index (χ4v) is 2.49. The molecule has 3 nitrogen and oxygen atoms in total. The van der Waals surface area contributed by atoms with Crippen LogP contribution >= 0.6 is 11.3 Å². The van der Waals surface area contributed by atoms with Crippen LogP contribution in [-0.2, 0) is 0 Å². The fraction of sp³-hybridized carbons (Fsp3) is 0. The van der Waals surface area contributed by atoms with E-state index in [9.17, 15) is 4.79 Å². The number of nitriles is 1. The largest absolute Gasteiger partial charge is 0.421 e. The van der Waals surface area contributed by atoms with Gasteiger partial charge >= 0.3 is 5.63 Å². The number of fused-ring (bicyclic) bond motifs is 3. The van der Waals surface area contributed by atoms with Crippen LogP contribution in [0.3, 0.4) is 0 Å². The molecule has 0 amide bonds. The zero-order valence-corrected chi connectivity index (χ0v) is 8.88. The van der Waals surface area contributed by atoms with E-state index in [2.05, 4.69) is 0 Å². The van der Waals surface area contributed by atoms with E-state index in [1.165, 1.54) is 0 Å². The summed E-state index contributed by atoms with van der Waals surface area (Å²) in [6.07, 6.45) is 0. The Morgan fingerprint density at radius 1 is 1.31 bits per heavy atom. The van der Waals surface area contributed by atoms with Gasteiger partial charge in [-0.1, -0.05) is 0 Å². The summed E-state index contributed by atoms with van der Waals surface area (Å²) in [4.78, 5) is 11.4. The molecule has 2 heterocycles. The molecular weight excluding hydrogens is 222 g/mol. The van der Waals surface area contributed by atoms with Crippen molar-refractivity contribution in [2.24, 2.45) is 0 Å². The summed E-state index contributed by atoms with van der Waals surface area (Å²) in [5, 5.41) is 12.4. The lowest BCUT2D eigenvalue weighted by Crippen LogP contribution is -2.02. The Bertz CT molecular complexity index is 792. The van der Waals surface area contributed by atoms with E-state index in [-0.39, 0.29) is 5.56 Å². The van der Waals surface area contributed by atoms with E-state index in [4.69, 9.17) is 9.68 Å². The molecule has 1 aromatic carbocycles. The lowest BCUT2D eigenvalue weighted by atomic mass is 10.1. The number of hydrogen-bond acceptors (Lipinski definition) is 4. The Morgan fingerprint density at radius 3 is 3.00 bits per heavy atom. The highest BCUT2D eigenvalue weighted by atomic mass is 32.1. The number of nitrogens with zero attached hydrogens (tertiary/aromatic N) is 1. The minimum absolute atomic E-state index is 0.0436.